The molecule has 2 aliphatic rings. The summed E-state index contributed by atoms with van der Waals surface area (Å²) in [6.45, 7) is 7.18. The number of aromatic nitrogens is 1. The van der Waals surface area contributed by atoms with Crippen molar-refractivity contribution in [3.05, 3.63) is 36.0 Å². The normalized spacial score (nSPS) is 19.8. The van der Waals surface area contributed by atoms with E-state index >= 15 is 0 Å². The van der Waals surface area contributed by atoms with Gasteiger partial charge in [-0.15, -0.1) is 0 Å². The molecule has 0 spiro atoms. The number of nitrogens with zero attached hydrogens (tertiary/aromatic N) is 2. The molecule has 1 unspecified atom stereocenters. The lowest BCUT2D eigenvalue weighted by atomic mass is 10.1. The number of carbonyl (C=O) groups is 1. The van der Waals surface area contributed by atoms with Crippen LogP contribution in [0.15, 0.2) is 30.5 Å². The van der Waals surface area contributed by atoms with E-state index in [1.165, 1.54) is 16.5 Å². The van der Waals surface area contributed by atoms with E-state index in [0.29, 0.717) is 25.7 Å². The third-order valence-electron chi connectivity index (χ3n) is 5.58. The van der Waals surface area contributed by atoms with Crippen molar-refractivity contribution in [3.63, 3.8) is 0 Å². The van der Waals surface area contributed by atoms with Gasteiger partial charge >= 0.3 is 0 Å². The van der Waals surface area contributed by atoms with Crippen molar-refractivity contribution in [3.8, 4) is 0 Å². The predicted molar refractivity (Wildman–Crippen MR) is 109 cm³/mol. The van der Waals surface area contributed by atoms with Crippen molar-refractivity contribution >= 4 is 16.8 Å². The molecule has 1 saturated carbocycles. The molecule has 1 aliphatic carbocycles. The minimum absolute atomic E-state index is 0.128. The van der Waals surface area contributed by atoms with Gasteiger partial charge in [0.2, 0.25) is 0 Å². The fraction of sp³-hybridized carbons (Fsp3) is 0.591. The molecule has 0 bridgehead atoms. The molecule has 1 saturated heterocycles. The summed E-state index contributed by atoms with van der Waals surface area (Å²) in [5.74, 6) is 0.128. The lowest BCUT2D eigenvalue weighted by Gasteiger charge is -2.30. The Labute approximate surface area is 166 Å². The van der Waals surface area contributed by atoms with Gasteiger partial charge in [-0.05, 0) is 37.8 Å². The van der Waals surface area contributed by atoms with Crippen molar-refractivity contribution in [1.29, 1.82) is 0 Å². The van der Waals surface area contributed by atoms with E-state index in [0.717, 1.165) is 45.6 Å². The molecular formula is C22H31N3O3. The van der Waals surface area contributed by atoms with Crippen molar-refractivity contribution in [1.82, 2.24) is 14.8 Å². The van der Waals surface area contributed by atoms with Crippen LogP contribution >= 0.6 is 0 Å². The minimum Gasteiger partial charge on any atom is -0.382 e. The van der Waals surface area contributed by atoms with Gasteiger partial charge in [0.1, 0.15) is 6.10 Å². The quantitative estimate of drug-likeness (QED) is 0.674. The molecular weight excluding hydrogens is 354 g/mol. The molecule has 2 aromatic rings. The number of ether oxygens (including phenoxy) is 2. The monoisotopic (exact) mass is 385 g/mol. The van der Waals surface area contributed by atoms with Crippen LogP contribution in [0.5, 0.6) is 0 Å². The average molecular weight is 386 g/mol. The molecule has 4 rings (SSSR count). The second kappa shape index (κ2) is 9.07. The van der Waals surface area contributed by atoms with Crippen molar-refractivity contribution in [2.24, 2.45) is 0 Å². The van der Waals surface area contributed by atoms with Gasteiger partial charge in [-0.25, -0.2) is 0 Å². The zero-order valence-corrected chi connectivity index (χ0v) is 16.7. The van der Waals surface area contributed by atoms with Gasteiger partial charge in [0.15, 0.2) is 0 Å². The highest BCUT2D eigenvalue weighted by Gasteiger charge is 2.37. The van der Waals surface area contributed by atoms with Crippen molar-refractivity contribution in [2.75, 3.05) is 32.9 Å². The maximum absolute atomic E-state index is 13.1. The third kappa shape index (κ3) is 4.40. The molecule has 1 aromatic carbocycles. The van der Waals surface area contributed by atoms with Gasteiger partial charge in [-0.1, -0.05) is 18.2 Å². The molecule has 152 valence electrons. The molecule has 1 amide bonds. The van der Waals surface area contributed by atoms with Crippen LogP contribution in [0.25, 0.3) is 10.9 Å². The van der Waals surface area contributed by atoms with E-state index in [1.54, 1.807) is 0 Å². The zero-order valence-electron chi connectivity index (χ0n) is 16.7. The third-order valence-corrected chi connectivity index (χ3v) is 5.58. The molecule has 2 heterocycles. The van der Waals surface area contributed by atoms with Crippen LogP contribution in [-0.4, -0.2) is 60.4 Å². The number of amides is 1. The lowest BCUT2D eigenvalue weighted by Crippen LogP contribution is -2.49. The van der Waals surface area contributed by atoms with E-state index in [1.807, 2.05) is 11.8 Å². The number of benzene rings is 1. The number of nitrogens with one attached hydrogen (secondary N) is 1. The molecule has 6 heteroatoms. The summed E-state index contributed by atoms with van der Waals surface area (Å²) in [4.78, 5) is 15.2. The number of hydrogen-bond acceptors (Lipinski definition) is 4. The Balaban J connectivity index is 1.52. The number of aryl methyl sites for hydroxylation is 1. The van der Waals surface area contributed by atoms with Gasteiger partial charge in [-0.3, -0.25) is 4.79 Å². The van der Waals surface area contributed by atoms with Crippen molar-refractivity contribution in [2.45, 2.75) is 51.4 Å². The number of fused-ring (bicyclic) bond motifs is 1. The summed E-state index contributed by atoms with van der Waals surface area (Å²) < 4.78 is 13.5. The first kappa shape index (κ1) is 19.4. The first-order valence-electron chi connectivity index (χ1n) is 10.5. The molecule has 0 radical (unpaired) electrons. The average Bonchev–Trinajstić information content (AvgIpc) is 3.53. The number of carbonyl (C=O) groups excluding carboxylic acids is 1. The zero-order chi connectivity index (χ0) is 19.3. The fourth-order valence-corrected chi connectivity index (χ4v) is 3.98. The highest BCUT2D eigenvalue weighted by molar-refractivity contribution is 5.86. The Bertz CT molecular complexity index is 793. The van der Waals surface area contributed by atoms with E-state index in [2.05, 4.69) is 40.3 Å². The summed E-state index contributed by atoms with van der Waals surface area (Å²) in [7, 11) is 0. The van der Waals surface area contributed by atoms with Gasteiger partial charge in [-0.2, -0.15) is 0 Å². The largest absolute Gasteiger partial charge is 0.382 e. The summed E-state index contributed by atoms with van der Waals surface area (Å²) in [5, 5.41) is 4.51. The van der Waals surface area contributed by atoms with E-state index in [-0.39, 0.29) is 12.0 Å². The van der Waals surface area contributed by atoms with E-state index in [4.69, 9.17) is 9.47 Å². The van der Waals surface area contributed by atoms with Crippen LogP contribution in [0.1, 0.15) is 31.7 Å². The van der Waals surface area contributed by atoms with E-state index < -0.39 is 0 Å². The second-order valence-electron chi connectivity index (χ2n) is 7.68. The highest BCUT2D eigenvalue weighted by Crippen LogP contribution is 2.31. The molecule has 6 nitrogen and oxygen atoms in total. The minimum atomic E-state index is -0.353. The maximum atomic E-state index is 13.1. The van der Waals surface area contributed by atoms with Crippen LogP contribution in [0, 0.1) is 0 Å². The van der Waals surface area contributed by atoms with Crippen LogP contribution < -0.4 is 5.32 Å². The van der Waals surface area contributed by atoms with Crippen LogP contribution in [0.4, 0.5) is 0 Å². The molecule has 1 aromatic heterocycles. The molecule has 1 N–H and O–H groups in total. The summed E-state index contributed by atoms with van der Waals surface area (Å²) >= 11 is 0. The Morgan fingerprint density at radius 1 is 1.36 bits per heavy atom. The van der Waals surface area contributed by atoms with Gasteiger partial charge < -0.3 is 24.3 Å². The number of para-hydroxylation sites is 1. The Morgan fingerprint density at radius 3 is 2.96 bits per heavy atom. The Hall–Kier alpha value is -1.89. The van der Waals surface area contributed by atoms with Gasteiger partial charge in [0, 0.05) is 62.5 Å². The van der Waals surface area contributed by atoms with Gasteiger partial charge in [0.05, 0.1) is 6.61 Å². The molecule has 28 heavy (non-hydrogen) atoms. The lowest BCUT2D eigenvalue weighted by molar-refractivity contribution is -0.146. The summed E-state index contributed by atoms with van der Waals surface area (Å²) in [5.41, 5.74) is 2.45. The smallest absolute Gasteiger partial charge is 0.253 e. The Morgan fingerprint density at radius 2 is 2.21 bits per heavy atom. The summed E-state index contributed by atoms with van der Waals surface area (Å²) in [6, 6.07) is 8.84. The SMILES string of the molecule is CCOCCCn1cc(CN(C(=O)C2CNCCO2)C2CC2)c2ccccc21. The molecule has 1 atom stereocenters. The summed E-state index contributed by atoms with van der Waals surface area (Å²) in [6.07, 6.45) is 5.05. The van der Waals surface area contributed by atoms with Crippen LogP contribution in [0.2, 0.25) is 0 Å². The van der Waals surface area contributed by atoms with Gasteiger partial charge in [0.25, 0.3) is 5.91 Å². The van der Waals surface area contributed by atoms with Crippen LogP contribution in [-0.2, 0) is 27.4 Å². The van der Waals surface area contributed by atoms with E-state index in [9.17, 15) is 4.79 Å². The topological polar surface area (TPSA) is 55.7 Å². The fourth-order valence-electron chi connectivity index (χ4n) is 3.98. The predicted octanol–water partition coefficient (Wildman–Crippen LogP) is 2.55. The Kier molecular flexibility index (Phi) is 6.29. The highest BCUT2D eigenvalue weighted by atomic mass is 16.5. The number of morpholine rings is 1. The molecule has 2 fully saturated rings. The van der Waals surface area contributed by atoms with Crippen LogP contribution in [0.3, 0.4) is 0 Å². The first-order chi connectivity index (χ1) is 13.8. The standard InChI is InChI=1S/C22H31N3O3/c1-2-27-12-5-11-24-15-17(19-6-3-4-7-20(19)24)16-25(18-8-9-18)22(26)21-14-23-10-13-28-21/h3-4,6-7,15,18,21,23H,2,5,8-14,16H2,1H3. The number of rotatable bonds is 9. The second-order valence-corrected chi connectivity index (χ2v) is 7.68. The number of hydrogen-bond donors (Lipinski definition) is 1. The molecule has 1 aliphatic heterocycles. The van der Waals surface area contributed by atoms with Crippen molar-refractivity contribution < 1.29 is 14.3 Å². The maximum Gasteiger partial charge on any atom is 0.253 e. The first-order valence-corrected chi connectivity index (χ1v) is 10.5.